The Morgan fingerprint density at radius 1 is 1.14 bits per heavy atom. The average molecular weight is 281 g/mol. The van der Waals surface area contributed by atoms with Crippen molar-refractivity contribution in [3.8, 4) is 17.6 Å². The fourth-order valence-corrected chi connectivity index (χ4v) is 1.94. The highest BCUT2D eigenvalue weighted by Gasteiger charge is 2.14. The van der Waals surface area contributed by atoms with Crippen LogP contribution in [0.5, 0.6) is 11.5 Å². The van der Waals surface area contributed by atoms with E-state index < -0.39 is 5.97 Å². The summed E-state index contributed by atoms with van der Waals surface area (Å²) in [5.41, 5.74) is 1.73. The lowest BCUT2D eigenvalue weighted by atomic mass is 10.1. The molecule has 0 saturated heterocycles. The van der Waals surface area contributed by atoms with Gasteiger partial charge in [0.05, 0.1) is 17.2 Å². The van der Waals surface area contributed by atoms with Gasteiger partial charge in [0.25, 0.3) is 0 Å². The van der Waals surface area contributed by atoms with Gasteiger partial charge >= 0.3 is 5.97 Å². The largest absolute Gasteiger partial charge is 0.457 e. The van der Waals surface area contributed by atoms with E-state index in [-0.39, 0.29) is 13.4 Å². The van der Waals surface area contributed by atoms with E-state index in [2.05, 4.69) is 0 Å². The number of hydrogen-bond acceptors (Lipinski definition) is 5. The third kappa shape index (κ3) is 2.79. The molecule has 0 fully saturated rings. The van der Waals surface area contributed by atoms with Crippen molar-refractivity contribution in [2.24, 2.45) is 0 Å². The van der Waals surface area contributed by atoms with E-state index in [1.165, 1.54) is 0 Å². The standard InChI is InChI=1S/C16H11NO4/c17-8-11-1-4-13(5-2-11)16(18)19-9-12-3-6-14-15(7-12)21-10-20-14/h1-7H,9-10H2. The predicted molar refractivity (Wildman–Crippen MR) is 72.8 cm³/mol. The zero-order chi connectivity index (χ0) is 14.7. The summed E-state index contributed by atoms with van der Waals surface area (Å²) < 4.78 is 15.7. The first-order chi connectivity index (χ1) is 10.3. The Bertz CT molecular complexity index is 716. The lowest BCUT2D eigenvalue weighted by Gasteiger charge is -2.06. The molecule has 1 aliphatic heterocycles. The molecule has 0 amide bonds. The van der Waals surface area contributed by atoms with Gasteiger partial charge in [-0.1, -0.05) is 6.07 Å². The molecular formula is C16H11NO4. The van der Waals surface area contributed by atoms with Gasteiger partial charge in [0.1, 0.15) is 6.61 Å². The van der Waals surface area contributed by atoms with Crippen LogP contribution in [0, 0.1) is 11.3 Å². The Morgan fingerprint density at radius 3 is 2.67 bits per heavy atom. The summed E-state index contributed by atoms with van der Waals surface area (Å²) in [6, 6.07) is 13.7. The minimum Gasteiger partial charge on any atom is -0.457 e. The lowest BCUT2D eigenvalue weighted by molar-refractivity contribution is 0.0472. The average Bonchev–Trinajstić information content (AvgIpc) is 3.00. The molecule has 5 nitrogen and oxygen atoms in total. The number of ether oxygens (including phenoxy) is 3. The third-order valence-corrected chi connectivity index (χ3v) is 3.06. The van der Waals surface area contributed by atoms with Crippen LogP contribution in [-0.2, 0) is 11.3 Å². The number of rotatable bonds is 3. The molecule has 1 aliphatic rings. The fraction of sp³-hybridized carbons (Fsp3) is 0.125. The number of nitrogens with zero attached hydrogens (tertiary/aromatic N) is 1. The summed E-state index contributed by atoms with van der Waals surface area (Å²) in [7, 11) is 0. The van der Waals surface area contributed by atoms with E-state index in [4.69, 9.17) is 19.5 Å². The van der Waals surface area contributed by atoms with Gasteiger partial charge in [0, 0.05) is 0 Å². The summed E-state index contributed by atoms with van der Waals surface area (Å²) in [6.07, 6.45) is 0. The quantitative estimate of drug-likeness (QED) is 0.809. The number of esters is 1. The van der Waals surface area contributed by atoms with Gasteiger partial charge in [0.15, 0.2) is 11.5 Å². The van der Waals surface area contributed by atoms with Crippen LogP contribution in [0.3, 0.4) is 0 Å². The molecule has 2 aromatic carbocycles. The summed E-state index contributed by atoms with van der Waals surface area (Å²) in [5, 5.41) is 8.71. The molecule has 3 rings (SSSR count). The summed E-state index contributed by atoms with van der Waals surface area (Å²) in [6.45, 7) is 0.360. The highest BCUT2D eigenvalue weighted by Crippen LogP contribution is 2.32. The van der Waals surface area contributed by atoms with Gasteiger partial charge in [-0.25, -0.2) is 4.79 Å². The van der Waals surface area contributed by atoms with Gasteiger partial charge in [-0.3, -0.25) is 0 Å². The van der Waals surface area contributed by atoms with Crippen LogP contribution >= 0.6 is 0 Å². The number of carbonyl (C=O) groups excluding carboxylic acids is 1. The zero-order valence-corrected chi connectivity index (χ0v) is 11.0. The Kier molecular flexibility index (Phi) is 3.44. The second kappa shape index (κ2) is 5.55. The van der Waals surface area contributed by atoms with E-state index in [0.29, 0.717) is 22.6 Å². The molecule has 0 unspecified atom stereocenters. The van der Waals surface area contributed by atoms with Crippen molar-refractivity contribution in [3.05, 3.63) is 59.2 Å². The highest BCUT2D eigenvalue weighted by molar-refractivity contribution is 5.89. The van der Waals surface area contributed by atoms with Gasteiger partial charge < -0.3 is 14.2 Å². The SMILES string of the molecule is N#Cc1ccc(C(=O)OCc2ccc3c(c2)OCO3)cc1. The van der Waals surface area contributed by atoms with Crippen molar-refractivity contribution in [3.63, 3.8) is 0 Å². The number of benzene rings is 2. The minimum atomic E-state index is -0.433. The van der Waals surface area contributed by atoms with Crippen LogP contribution in [0.1, 0.15) is 21.5 Å². The molecule has 0 aliphatic carbocycles. The van der Waals surface area contributed by atoms with Crippen molar-refractivity contribution < 1.29 is 19.0 Å². The fourth-order valence-electron chi connectivity index (χ4n) is 1.94. The summed E-state index contributed by atoms with van der Waals surface area (Å²) in [4.78, 5) is 11.9. The van der Waals surface area contributed by atoms with E-state index in [1.54, 1.807) is 36.4 Å². The molecule has 0 radical (unpaired) electrons. The zero-order valence-electron chi connectivity index (χ0n) is 11.0. The van der Waals surface area contributed by atoms with Crippen molar-refractivity contribution >= 4 is 5.97 Å². The molecule has 0 bridgehead atoms. The van der Waals surface area contributed by atoms with Gasteiger partial charge in [-0.2, -0.15) is 5.26 Å². The molecule has 0 spiro atoms. The molecule has 1 heterocycles. The molecule has 0 aromatic heterocycles. The smallest absolute Gasteiger partial charge is 0.338 e. The minimum absolute atomic E-state index is 0.148. The maximum Gasteiger partial charge on any atom is 0.338 e. The monoisotopic (exact) mass is 281 g/mol. The van der Waals surface area contributed by atoms with Gasteiger partial charge in [-0.15, -0.1) is 0 Å². The second-order valence-corrected chi connectivity index (χ2v) is 4.45. The van der Waals surface area contributed by atoms with E-state index in [9.17, 15) is 4.79 Å². The van der Waals surface area contributed by atoms with Crippen LogP contribution in [0.4, 0.5) is 0 Å². The Balaban J connectivity index is 1.64. The van der Waals surface area contributed by atoms with E-state index >= 15 is 0 Å². The Labute approximate surface area is 121 Å². The van der Waals surface area contributed by atoms with Crippen LogP contribution in [0.25, 0.3) is 0 Å². The molecule has 2 aromatic rings. The number of hydrogen-bond donors (Lipinski definition) is 0. The van der Waals surface area contributed by atoms with E-state index in [0.717, 1.165) is 5.56 Å². The van der Waals surface area contributed by atoms with Crippen LogP contribution in [0.2, 0.25) is 0 Å². The van der Waals surface area contributed by atoms with Crippen molar-refractivity contribution in [2.75, 3.05) is 6.79 Å². The van der Waals surface area contributed by atoms with E-state index in [1.807, 2.05) is 12.1 Å². The topological polar surface area (TPSA) is 68.6 Å². The summed E-state index contributed by atoms with van der Waals surface area (Å²) in [5.74, 6) is 0.913. The van der Waals surface area contributed by atoms with Crippen LogP contribution < -0.4 is 9.47 Å². The molecular weight excluding hydrogens is 270 g/mol. The lowest BCUT2D eigenvalue weighted by Crippen LogP contribution is -2.05. The van der Waals surface area contributed by atoms with Crippen molar-refractivity contribution in [2.45, 2.75) is 6.61 Å². The van der Waals surface area contributed by atoms with Crippen LogP contribution in [-0.4, -0.2) is 12.8 Å². The predicted octanol–water partition coefficient (Wildman–Crippen LogP) is 2.64. The van der Waals surface area contributed by atoms with Crippen molar-refractivity contribution in [1.82, 2.24) is 0 Å². The van der Waals surface area contributed by atoms with Crippen molar-refractivity contribution in [1.29, 1.82) is 5.26 Å². The van der Waals surface area contributed by atoms with Gasteiger partial charge in [0.2, 0.25) is 6.79 Å². The normalized spacial score (nSPS) is 11.8. The first-order valence-corrected chi connectivity index (χ1v) is 6.32. The Hall–Kier alpha value is -3.00. The molecule has 0 saturated carbocycles. The number of fused-ring (bicyclic) bond motifs is 1. The molecule has 21 heavy (non-hydrogen) atoms. The highest BCUT2D eigenvalue weighted by atomic mass is 16.7. The first kappa shape index (κ1) is 13.0. The Morgan fingerprint density at radius 2 is 1.90 bits per heavy atom. The van der Waals surface area contributed by atoms with Crippen LogP contribution in [0.15, 0.2) is 42.5 Å². The maximum atomic E-state index is 11.9. The first-order valence-electron chi connectivity index (χ1n) is 6.32. The number of nitriles is 1. The molecule has 104 valence electrons. The third-order valence-electron chi connectivity index (χ3n) is 3.06. The van der Waals surface area contributed by atoms with Gasteiger partial charge in [-0.05, 0) is 42.0 Å². The summed E-state index contributed by atoms with van der Waals surface area (Å²) >= 11 is 0. The second-order valence-electron chi connectivity index (χ2n) is 4.45. The molecule has 0 atom stereocenters. The number of carbonyl (C=O) groups is 1. The molecule has 5 heteroatoms. The molecule has 0 N–H and O–H groups in total. The maximum absolute atomic E-state index is 11.9.